The number of sulfonamides is 1. The lowest BCUT2D eigenvalue weighted by Crippen LogP contribution is -2.42. The smallest absolute Gasteiger partial charge is 0.266 e. The molecule has 0 atom stereocenters. The van der Waals surface area contributed by atoms with Crippen LogP contribution in [0.2, 0.25) is 0 Å². The Kier molecular flexibility index (Phi) is 6.32. The van der Waals surface area contributed by atoms with E-state index in [2.05, 4.69) is 9.88 Å². The number of benzene rings is 2. The Labute approximate surface area is 222 Å². The molecule has 0 aliphatic carbocycles. The molecule has 202 valence electrons. The van der Waals surface area contributed by atoms with Gasteiger partial charge in [0, 0.05) is 68.1 Å². The topological polar surface area (TPSA) is 82.8 Å². The Hall–Kier alpha value is -2.82. The maximum absolute atomic E-state index is 13.9. The van der Waals surface area contributed by atoms with Gasteiger partial charge in [0.05, 0.1) is 17.0 Å². The molecule has 7 nitrogen and oxygen atoms in total. The molecule has 10 heteroatoms. The van der Waals surface area contributed by atoms with Crippen molar-refractivity contribution in [2.75, 3.05) is 42.5 Å². The molecule has 6 rings (SSSR count). The summed E-state index contributed by atoms with van der Waals surface area (Å²) in [5, 5.41) is 0.926. The number of rotatable bonds is 4. The molecular weight excluding hydrogens is 508 g/mol. The SMILES string of the molecule is Cc1cc(N2CCC(F)(F)C2)cc2c(N3CCc4ccc(S(=O)(=O)N5CCC(N)CC5)cc4C3)ccnc12. The monoisotopic (exact) mass is 541 g/mol. The zero-order valence-corrected chi connectivity index (χ0v) is 22.4. The first-order valence-electron chi connectivity index (χ1n) is 13.3. The third-order valence-electron chi connectivity index (χ3n) is 8.20. The van der Waals surface area contributed by atoms with E-state index < -0.39 is 15.9 Å². The molecule has 3 aromatic rings. The van der Waals surface area contributed by atoms with Gasteiger partial charge in [0.2, 0.25) is 10.0 Å². The molecule has 0 unspecified atom stereocenters. The Morgan fingerprint density at radius 3 is 2.53 bits per heavy atom. The summed E-state index contributed by atoms with van der Waals surface area (Å²) in [5.41, 5.74) is 11.7. The number of nitrogens with zero attached hydrogens (tertiary/aromatic N) is 4. The minimum Gasteiger partial charge on any atom is -0.366 e. The van der Waals surface area contributed by atoms with Gasteiger partial charge in [-0.1, -0.05) is 6.07 Å². The van der Waals surface area contributed by atoms with Crippen molar-refractivity contribution in [1.29, 1.82) is 0 Å². The van der Waals surface area contributed by atoms with Crippen molar-refractivity contribution in [3.05, 3.63) is 59.3 Å². The van der Waals surface area contributed by atoms with E-state index in [1.165, 1.54) is 0 Å². The summed E-state index contributed by atoms with van der Waals surface area (Å²) in [5.74, 6) is -2.67. The minimum atomic E-state index is -3.58. The quantitative estimate of drug-likeness (QED) is 0.537. The van der Waals surface area contributed by atoms with E-state index in [1.54, 1.807) is 21.5 Å². The van der Waals surface area contributed by atoms with E-state index in [4.69, 9.17) is 5.73 Å². The van der Waals surface area contributed by atoms with E-state index in [9.17, 15) is 17.2 Å². The number of halogens is 2. The van der Waals surface area contributed by atoms with Crippen molar-refractivity contribution in [2.24, 2.45) is 5.73 Å². The van der Waals surface area contributed by atoms with Crippen molar-refractivity contribution in [3.63, 3.8) is 0 Å². The van der Waals surface area contributed by atoms with Crippen molar-refractivity contribution < 1.29 is 17.2 Å². The Balaban J connectivity index is 1.32. The number of nitrogens with two attached hydrogens (primary N) is 1. The predicted molar refractivity (Wildman–Crippen MR) is 145 cm³/mol. The van der Waals surface area contributed by atoms with E-state index in [1.807, 2.05) is 37.3 Å². The zero-order valence-electron chi connectivity index (χ0n) is 21.5. The fraction of sp³-hybridized carbons (Fsp3) is 0.464. The first-order valence-corrected chi connectivity index (χ1v) is 14.7. The number of aromatic nitrogens is 1. The molecular formula is C28H33F2N5O2S. The molecule has 2 saturated heterocycles. The largest absolute Gasteiger partial charge is 0.366 e. The molecule has 2 aromatic carbocycles. The van der Waals surface area contributed by atoms with Gasteiger partial charge in [-0.2, -0.15) is 4.31 Å². The van der Waals surface area contributed by atoms with E-state index in [0.29, 0.717) is 43.9 Å². The molecule has 3 aliphatic rings. The lowest BCUT2D eigenvalue weighted by Gasteiger charge is -2.33. The van der Waals surface area contributed by atoms with Crippen LogP contribution in [-0.4, -0.2) is 62.4 Å². The first-order chi connectivity index (χ1) is 18.1. The second-order valence-corrected chi connectivity index (χ2v) is 12.8. The van der Waals surface area contributed by atoms with E-state index >= 15 is 0 Å². The Bertz CT molecular complexity index is 1490. The zero-order chi connectivity index (χ0) is 26.7. The summed E-state index contributed by atoms with van der Waals surface area (Å²) in [4.78, 5) is 8.90. The number of hydrogen-bond donors (Lipinski definition) is 1. The van der Waals surface area contributed by atoms with Gasteiger partial charge in [-0.05, 0) is 73.2 Å². The number of anilines is 2. The summed E-state index contributed by atoms with van der Waals surface area (Å²) >= 11 is 0. The number of alkyl halides is 2. The summed E-state index contributed by atoms with van der Waals surface area (Å²) in [6.07, 6.45) is 3.77. The molecule has 4 heterocycles. The van der Waals surface area contributed by atoms with Crippen LogP contribution in [0.3, 0.4) is 0 Å². The van der Waals surface area contributed by atoms with Gasteiger partial charge < -0.3 is 15.5 Å². The molecule has 2 fully saturated rings. The average molecular weight is 542 g/mol. The molecule has 0 amide bonds. The second-order valence-electron chi connectivity index (χ2n) is 10.9. The van der Waals surface area contributed by atoms with Gasteiger partial charge in [0.1, 0.15) is 0 Å². The van der Waals surface area contributed by atoms with Crippen LogP contribution >= 0.6 is 0 Å². The highest BCUT2D eigenvalue weighted by Gasteiger charge is 2.38. The first kappa shape index (κ1) is 25.5. The van der Waals surface area contributed by atoms with Crippen LogP contribution in [0, 0.1) is 6.92 Å². The number of fused-ring (bicyclic) bond motifs is 2. The Morgan fingerprint density at radius 1 is 1.00 bits per heavy atom. The van der Waals surface area contributed by atoms with Gasteiger partial charge in [-0.15, -0.1) is 0 Å². The van der Waals surface area contributed by atoms with Crippen molar-refractivity contribution in [2.45, 2.75) is 56.0 Å². The van der Waals surface area contributed by atoms with E-state index in [-0.39, 0.29) is 19.0 Å². The molecule has 0 radical (unpaired) electrons. The average Bonchev–Trinajstić information content (AvgIpc) is 3.27. The third-order valence-corrected chi connectivity index (χ3v) is 10.1. The third kappa shape index (κ3) is 4.63. The number of piperidine rings is 1. The van der Waals surface area contributed by atoms with Gasteiger partial charge in [-0.25, -0.2) is 17.2 Å². The van der Waals surface area contributed by atoms with Crippen LogP contribution in [0.25, 0.3) is 10.9 Å². The minimum absolute atomic E-state index is 0.0554. The highest BCUT2D eigenvalue weighted by Crippen LogP contribution is 2.37. The molecule has 0 bridgehead atoms. The summed E-state index contributed by atoms with van der Waals surface area (Å²) < 4.78 is 56.1. The van der Waals surface area contributed by atoms with Crippen LogP contribution in [0.5, 0.6) is 0 Å². The van der Waals surface area contributed by atoms with Gasteiger partial charge in [0.25, 0.3) is 5.92 Å². The second kappa shape index (κ2) is 9.43. The van der Waals surface area contributed by atoms with Crippen LogP contribution in [0.4, 0.5) is 20.2 Å². The Morgan fingerprint density at radius 2 is 1.79 bits per heavy atom. The summed E-state index contributed by atoms with van der Waals surface area (Å²) in [6.45, 7) is 4.24. The molecule has 3 aliphatic heterocycles. The lowest BCUT2D eigenvalue weighted by atomic mass is 9.98. The predicted octanol–water partition coefficient (Wildman–Crippen LogP) is 4.06. The van der Waals surface area contributed by atoms with Crippen LogP contribution < -0.4 is 15.5 Å². The van der Waals surface area contributed by atoms with Crippen LogP contribution in [-0.2, 0) is 23.0 Å². The van der Waals surface area contributed by atoms with Crippen LogP contribution in [0.15, 0.2) is 47.5 Å². The van der Waals surface area contributed by atoms with Crippen molar-refractivity contribution in [3.8, 4) is 0 Å². The maximum Gasteiger partial charge on any atom is 0.266 e. The van der Waals surface area contributed by atoms with Gasteiger partial charge >= 0.3 is 0 Å². The van der Waals surface area contributed by atoms with Gasteiger partial charge in [0.15, 0.2) is 0 Å². The molecule has 2 N–H and O–H groups in total. The lowest BCUT2D eigenvalue weighted by molar-refractivity contribution is 0.0257. The van der Waals surface area contributed by atoms with Crippen molar-refractivity contribution in [1.82, 2.24) is 9.29 Å². The number of pyridine rings is 1. The maximum atomic E-state index is 13.9. The van der Waals surface area contributed by atoms with Crippen molar-refractivity contribution >= 4 is 32.3 Å². The highest BCUT2D eigenvalue weighted by molar-refractivity contribution is 7.89. The number of hydrogen-bond acceptors (Lipinski definition) is 6. The molecule has 38 heavy (non-hydrogen) atoms. The van der Waals surface area contributed by atoms with E-state index in [0.717, 1.165) is 51.9 Å². The summed E-state index contributed by atoms with van der Waals surface area (Å²) in [6, 6.07) is 11.4. The summed E-state index contributed by atoms with van der Waals surface area (Å²) in [7, 11) is -3.58. The molecule has 1 aromatic heterocycles. The number of aryl methyl sites for hydroxylation is 1. The highest BCUT2D eigenvalue weighted by atomic mass is 32.2. The molecule has 0 spiro atoms. The molecule has 0 saturated carbocycles. The fourth-order valence-electron chi connectivity index (χ4n) is 5.98. The normalized spacial score (nSPS) is 20.7. The fourth-order valence-corrected chi connectivity index (χ4v) is 7.50. The standard InChI is InChI=1S/C28H33F2N5O2S/c1-19-14-23(34-13-8-28(29,30)18-34)16-25-26(4-9-32-27(19)25)33-10-5-20-2-3-24(15-21(20)17-33)38(36,37)35-11-6-22(31)7-12-35/h2-4,9,14-16,22H,5-8,10-13,17-18,31H2,1H3. The van der Waals surface area contributed by atoms with Crippen LogP contribution in [0.1, 0.15) is 36.0 Å². The van der Waals surface area contributed by atoms with Gasteiger partial charge in [-0.3, -0.25) is 4.98 Å².